The third-order valence-corrected chi connectivity index (χ3v) is 4.06. The Kier molecular flexibility index (Phi) is 4.09. The van der Waals surface area contributed by atoms with Crippen molar-refractivity contribution in [3.63, 3.8) is 0 Å². The van der Waals surface area contributed by atoms with E-state index >= 15 is 0 Å². The minimum atomic E-state index is 0.736. The molecule has 2 rings (SSSR count). The molecule has 17 heavy (non-hydrogen) atoms. The average molecular weight is 287 g/mol. The van der Waals surface area contributed by atoms with Crippen molar-refractivity contribution in [2.24, 2.45) is 0 Å². The van der Waals surface area contributed by atoms with Gasteiger partial charge in [0.05, 0.1) is 0 Å². The second kappa shape index (κ2) is 5.57. The first kappa shape index (κ1) is 12.5. The SMILES string of the molecule is CN(C)c1nnc(NSc2ccc(Cl)cc2)s1. The van der Waals surface area contributed by atoms with Crippen LogP contribution in [0.15, 0.2) is 29.2 Å². The van der Waals surface area contributed by atoms with E-state index in [4.69, 9.17) is 11.6 Å². The molecule has 0 aliphatic heterocycles. The predicted molar refractivity (Wildman–Crippen MR) is 75.2 cm³/mol. The number of benzene rings is 1. The maximum absolute atomic E-state index is 5.81. The molecule has 0 bridgehead atoms. The van der Waals surface area contributed by atoms with Gasteiger partial charge in [0, 0.05) is 24.0 Å². The summed E-state index contributed by atoms with van der Waals surface area (Å²) in [5, 5.41) is 10.5. The van der Waals surface area contributed by atoms with Gasteiger partial charge in [0.1, 0.15) is 0 Å². The van der Waals surface area contributed by atoms with Crippen LogP contribution < -0.4 is 9.62 Å². The van der Waals surface area contributed by atoms with E-state index in [9.17, 15) is 0 Å². The van der Waals surface area contributed by atoms with E-state index in [-0.39, 0.29) is 0 Å². The Bertz CT molecular complexity index is 483. The lowest BCUT2D eigenvalue weighted by Gasteiger charge is -2.04. The maximum atomic E-state index is 5.81. The Balaban J connectivity index is 1.95. The Morgan fingerprint density at radius 3 is 2.53 bits per heavy atom. The van der Waals surface area contributed by atoms with Crippen LogP contribution in [0.3, 0.4) is 0 Å². The summed E-state index contributed by atoms with van der Waals surface area (Å²) in [5.41, 5.74) is 0. The Hall–Kier alpha value is -0.980. The van der Waals surface area contributed by atoms with E-state index in [1.54, 1.807) is 0 Å². The van der Waals surface area contributed by atoms with Crippen LogP contribution in [0.25, 0.3) is 0 Å². The summed E-state index contributed by atoms with van der Waals surface area (Å²) >= 11 is 8.81. The molecule has 0 saturated heterocycles. The van der Waals surface area contributed by atoms with Gasteiger partial charge in [-0.05, 0) is 36.2 Å². The van der Waals surface area contributed by atoms with Crippen molar-refractivity contribution in [3.8, 4) is 0 Å². The third-order valence-electron chi connectivity index (χ3n) is 1.87. The highest BCUT2D eigenvalue weighted by Crippen LogP contribution is 2.27. The molecule has 1 heterocycles. The smallest absolute Gasteiger partial charge is 0.217 e. The Morgan fingerprint density at radius 2 is 1.94 bits per heavy atom. The molecule has 0 fully saturated rings. The van der Waals surface area contributed by atoms with E-state index in [1.807, 2.05) is 43.3 Å². The Morgan fingerprint density at radius 1 is 1.24 bits per heavy atom. The lowest BCUT2D eigenvalue weighted by molar-refractivity contribution is 1.02. The highest BCUT2D eigenvalue weighted by molar-refractivity contribution is 8.00. The number of hydrogen-bond donors (Lipinski definition) is 1. The van der Waals surface area contributed by atoms with Crippen LogP contribution in [0, 0.1) is 0 Å². The normalized spacial score (nSPS) is 10.3. The molecule has 0 radical (unpaired) electrons. The van der Waals surface area contributed by atoms with Crippen LogP contribution in [-0.2, 0) is 0 Å². The minimum Gasteiger partial charge on any atom is -0.353 e. The summed E-state index contributed by atoms with van der Waals surface area (Å²) < 4.78 is 3.15. The van der Waals surface area contributed by atoms with Crippen LogP contribution >= 0.6 is 34.9 Å². The van der Waals surface area contributed by atoms with Gasteiger partial charge in [-0.1, -0.05) is 22.9 Å². The topological polar surface area (TPSA) is 41.1 Å². The summed E-state index contributed by atoms with van der Waals surface area (Å²) in [6, 6.07) is 7.62. The van der Waals surface area contributed by atoms with Gasteiger partial charge >= 0.3 is 0 Å². The van der Waals surface area contributed by atoms with Crippen LogP contribution in [0.5, 0.6) is 0 Å². The van der Waals surface area contributed by atoms with Crippen molar-refractivity contribution in [1.82, 2.24) is 10.2 Å². The molecule has 0 spiro atoms. The molecular weight excluding hydrogens is 276 g/mol. The number of anilines is 2. The third kappa shape index (κ3) is 3.49. The predicted octanol–water partition coefficient (Wildman–Crippen LogP) is 3.38. The number of nitrogens with one attached hydrogen (secondary N) is 1. The van der Waals surface area contributed by atoms with Crippen LogP contribution in [-0.4, -0.2) is 24.3 Å². The molecule has 7 heteroatoms. The number of hydrogen-bond acceptors (Lipinski definition) is 6. The van der Waals surface area contributed by atoms with Gasteiger partial charge < -0.3 is 9.62 Å². The van der Waals surface area contributed by atoms with E-state index in [2.05, 4.69) is 14.9 Å². The zero-order valence-corrected chi connectivity index (χ0v) is 11.7. The lowest BCUT2D eigenvalue weighted by atomic mass is 10.4. The standard InChI is InChI=1S/C10H11ClN4S2/c1-15(2)10-13-12-9(16-10)14-17-8-5-3-7(11)4-6-8/h3-6H,1-2H3,(H,12,14). The number of rotatable bonds is 4. The summed E-state index contributed by atoms with van der Waals surface area (Å²) in [6.07, 6.45) is 0. The molecule has 0 aliphatic carbocycles. The first-order valence-electron chi connectivity index (χ1n) is 4.84. The average Bonchev–Trinajstić information content (AvgIpc) is 2.77. The molecule has 0 saturated carbocycles. The molecule has 0 unspecified atom stereocenters. The Labute approximate surface area is 113 Å². The minimum absolute atomic E-state index is 0.736. The van der Waals surface area contributed by atoms with Crippen molar-refractivity contribution >= 4 is 45.1 Å². The molecule has 0 aliphatic rings. The van der Waals surface area contributed by atoms with Crippen molar-refractivity contribution in [1.29, 1.82) is 0 Å². The highest BCUT2D eigenvalue weighted by Gasteiger charge is 2.05. The number of nitrogens with zero attached hydrogens (tertiary/aromatic N) is 3. The molecule has 1 aromatic carbocycles. The molecule has 1 N–H and O–H groups in total. The quantitative estimate of drug-likeness (QED) is 0.873. The molecule has 4 nitrogen and oxygen atoms in total. The van der Waals surface area contributed by atoms with Gasteiger partial charge in [0.2, 0.25) is 10.3 Å². The summed E-state index contributed by atoms with van der Waals surface area (Å²) in [6.45, 7) is 0. The second-order valence-corrected chi connectivity index (χ2v) is 5.71. The van der Waals surface area contributed by atoms with Crippen molar-refractivity contribution < 1.29 is 0 Å². The summed E-state index contributed by atoms with van der Waals surface area (Å²) in [5.74, 6) is 0. The first-order chi connectivity index (χ1) is 8.15. The molecule has 90 valence electrons. The molecule has 0 atom stereocenters. The molecular formula is C10H11ClN4S2. The van der Waals surface area contributed by atoms with Gasteiger partial charge in [0.25, 0.3) is 0 Å². The fourth-order valence-corrected chi connectivity index (χ4v) is 2.50. The largest absolute Gasteiger partial charge is 0.353 e. The zero-order chi connectivity index (χ0) is 12.3. The van der Waals surface area contributed by atoms with Gasteiger partial charge in [-0.3, -0.25) is 0 Å². The highest BCUT2D eigenvalue weighted by atomic mass is 35.5. The monoisotopic (exact) mass is 286 g/mol. The molecule has 2 aromatic rings. The van der Waals surface area contributed by atoms with E-state index in [1.165, 1.54) is 23.3 Å². The summed E-state index contributed by atoms with van der Waals surface area (Å²) in [4.78, 5) is 3.01. The van der Waals surface area contributed by atoms with Crippen molar-refractivity contribution in [2.75, 3.05) is 23.7 Å². The number of aromatic nitrogens is 2. The van der Waals surface area contributed by atoms with Crippen LogP contribution in [0.4, 0.5) is 10.3 Å². The number of halogens is 1. The van der Waals surface area contributed by atoms with Crippen LogP contribution in [0.1, 0.15) is 0 Å². The van der Waals surface area contributed by atoms with Gasteiger partial charge in [-0.2, -0.15) is 0 Å². The fraction of sp³-hybridized carbons (Fsp3) is 0.200. The lowest BCUT2D eigenvalue weighted by Crippen LogP contribution is -2.07. The van der Waals surface area contributed by atoms with Gasteiger partial charge in [0.15, 0.2) is 0 Å². The van der Waals surface area contributed by atoms with E-state index in [0.717, 1.165) is 20.2 Å². The van der Waals surface area contributed by atoms with Crippen LogP contribution in [0.2, 0.25) is 5.02 Å². The van der Waals surface area contributed by atoms with Crippen molar-refractivity contribution in [3.05, 3.63) is 29.3 Å². The zero-order valence-electron chi connectivity index (χ0n) is 9.35. The van der Waals surface area contributed by atoms with Gasteiger partial charge in [-0.25, -0.2) is 0 Å². The molecule has 0 amide bonds. The summed E-state index contributed by atoms with van der Waals surface area (Å²) in [7, 11) is 3.88. The van der Waals surface area contributed by atoms with E-state index < -0.39 is 0 Å². The van der Waals surface area contributed by atoms with Crippen molar-refractivity contribution in [2.45, 2.75) is 4.90 Å². The maximum Gasteiger partial charge on any atom is 0.217 e. The fourth-order valence-electron chi connectivity index (χ4n) is 1.04. The second-order valence-electron chi connectivity index (χ2n) is 3.44. The van der Waals surface area contributed by atoms with E-state index in [0.29, 0.717) is 0 Å². The van der Waals surface area contributed by atoms with Gasteiger partial charge in [-0.15, -0.1) is 10.2 Å². The molecule has 1 aromatic heterocycles. The first-order valence-corrected chi connectivity index (χ1v) is 6.85.